The van der Waals surface area contributed by atoms with Gasteiger partial charge < -0.3 is 15.8 Å². The summed E-state index contributed by atoms with van der Waals surface area (Å²) < 4.78 is 5.24. The minimum Gasteiger partial charge on any atom is -0.497 e. The fraction of sp³-hybridized carbons (Fsp3) is 0.400. The van der Waals surface area contributed by atoms with Crippen molar-refractivity contribution < 1.29 is 4.74 Å². The number of fused-ring (bicyclic) bond motifs is 1. The molecule has 2 aromatic rings. The molecule has 1 fully saturated rings. The Bertz CT molecular complexity index is 581. The molecule has 1 heterocycles. The second-order valence-corrected chi connectivity index (χ2v) is 5.13. The van der Waals surface area contributed by atoms with Gasteiger partial charge in [0.25, 0.3) is 0 Å². The first-order valence-electron chi connectivity index (χ1n) is 6.70. The van der Waals surface area contributed by atoms with Crippen LogP contribution in [0, 0.1) is 5.92 Å². The van der Waals surface area contributed by atoms with Gasteiger partial charge in [0.05, 0.1) is 7.11 Å². The predicted octanol–water partition coefficient (Wildman–Crippen LogP) is 2.39. The number of ether oxygens (including phenoxy) is 1. The maximum absolute atomic E-state index is 6.11. The summed E-state index contributed by atoms with van der Waals surface area (Å²) >= 11 is 0. The molecule has 1 aromatic carbocycles. The third-order valence-corrected chi connectivity index (χ3v) is 3.70. The topological polar surface area (TPSA) is 60.2 Å². The standard InChI is InChI=1S/C15H19N3O/c1-19-12-4-5-13-11(8-12)6-7-17-15(13)18-9-14(16)10-2-3-10/h4-8,10,14H,2-3,9,16H2,1H3,(H,17,18). The Balaban J connectivity index is 1.82. The van der Waals surface area contributed by atoms with Crippen LogP contribution in [0.25, 0.3) is 10.8 Å². The molecular formula is C15H19N3O. The van der Waals surface area contributed by atoms with Crippen molar-refractivity contribution in [2.24, 2.45) is 11.7 Å². The molecule has 19 heavy (non-hydrogen) atoms. The van der Waals surface area contributed by atoms with Crippen molar-refractivity contribution in [2.75, 3.05) is 19.0 Å². The van der Waals surface area contributed by atoms with Crippen LogP contribution in [0.4, 0.5) is 5.82 Å². The molecule has 100 valence electrons. The van der Waals surface area contributed by atoms with E-state index in [4.69, 9.17) is 10.5 Å². The van der Waals surface area contributed by atoms with Gasteiger partial charge in [0, 0.05) is 24.2 Å². The summed E-state index contributed by atoms with van der Waals surface area (Å²) in [5, 5.41) is 5.59. The molecule has 1 aliphatic rings. The third-order valence-electron chi connectivity index (χ3n) is 3.70. The first kappa shape index (κ1) is 12.2. The number of methoxy groups -OCH3 is 1. The zero-order valence-corrected chi connectivity index (χ0v) is 11.1. The van der Waals surface area contributed by atoms with Gasteiger partial charge in [-0.2, -0.15) is 0 Å². The van der Waals surface area contributed by atoms with E-state index in [1.54, 1.807) is 7.11 Å². The first-order chi connectivity index (χ1) is 9.28. The molecule has 0 saturated heterocycles. The normalized spacial score (nSPS) is 16.3. The summed E-state index contributed by atoms with van der Waals surface area (Å²) in [7, 11) is 1.68. The van der Waals surface area contributed by atoms with Crippen LogP contribution >= 0.6 is 0 Å². The molecule has 1 atom stereocenters. The van der Waals surface area contributed by atoms with Crippen LogP contribution in [0.2, 0.25) is 0 Å². The average Bonchev–Trinajstić information content (AvgIpc) is 3.28. The van der Waals surface area contributed by atoms with Crippen LogP contribution in [0.3, 0.4) is 0 Å². The molecule has 1 unspecified atom stereocenters. The van der Waals surface area contributed by atoms with E-state index in [-0.39, 0.29) is 6.04 Å². The Morgan fingerprint density at radius 2 is 2.26 bits per heavy atom. The van der Waals surface area contributed by atoms with Crippen molar-refractivity contribution >= 4 is 16.6 Å². The molecule has 1 aliphatic carbocycles. The van der Waals surface area contributed by atoms with Gasteiger partial charge in [-0.25, -0.2) is 4.98 Å². The van der Waals surface area contributed by atoms with Gasteiger partial charge in [-0.1, -0.05) is 0 Å². The van der Waals surface area contributed by atoms with Gasteiger partial charge in [-0.3, -0.25) is 0 Å². The van der Waals surface area contributed by atoms with Crippen LogP contribution < -0.4 is 15.8 Å². The lowest BCUT2D eigenvalue weighted by Crippen LogP contribution is -2.31. The van der Waals surface area contributed by atoms with Crippen LogP contribution in [-0.4, -0.2) is 24.7 Å². The van der Waals surface area contributed by atoms with Crippen molar-refractivity contribution in [1.29, 1.82) is 0 Å². The molecule has 1 saturated carbocycles. The lowest BCUT2D eigenvalue weighted by atomic mass is 10.1. The van der Waals surface area contributed by atoms with Gasteiger partial charge in [-0.05, 0) is 48.4 Å². The highest BCUT2D eigenvalue weighted by Gasteiger charge is 2.28. The number of rotatable bonds is 5. The highest BCUT2D eigenvalue weighted by Crippen LogP contribution is 2.32. The maximum atomic E-state index is 6.11. The third kappa shape index (κ3) is 2.63. The number of nitrogens with two attached hydrogens (primary N) is 1. The zero-order chi connectivity index (χ0) is 13.2. The summed E-state index contributed by atoms with van der Waals surface area (Å²) in [6.07, 6.45) is 4.35. The average molecular weight is 257 g/mol. The molecule has 4 heteroatoms. The van der Waals surface area contributed by atoms with Crippen LogP contribution in [0.15, 0.2) is 30.5 Å². The monoisotopic (exact) mass is 257 g/mol. The number of hydrogen-bond acceptors (Lipinski definition) is 4. The highest BCUT2D eigenvalue weighted by molar-refractivity contribution is 5.92. The molecule has 4 nitrogen and oxygen atoms in total. The van der Waals surface area contributed by atoms with Crippen LogP contribution in [0.1, 0.15) is 12.8 Å². The SMILES string of the molecule is COc1ccc2c(NCC(N)C3CC3)nccc2c1. The van der Waals surface area contributed by atoms with E-state index in [1.165, 1.54) is 12.8 Å². The lowest BCUT2D eigenvalue weighted by Gasteiger charge is -2.13. The minimum absolute atomic E-state index is 0.232. The number of nitrogens with one attached hydrogen (secondary N) is 1. The van der Waals surface area contributed by atoms with E-state index in [0.717, 1.165) is 28.9 Å². The van der Waals surface area contributed by atoms with E-state index < -0.39 is 0 Å². The Labute approximate surface area is 113 Å². The number of nitrogens with zero attached hydrogens (tertiary/aromatic N) is 1. The predicted molar refractivity (Wildman–Crippen MR) is 77.5 cm³/mol. The molecule has 0 amide bonds. The fourth-order valence-electron chi connectivity index (χ4n) is 2.33. The Morgan fingerprint density at radius 1 is 1.42 bits per heavy atom. The molecule has 3 rings (SSSR count). The maximum Gasteiger partial charge on any atom is 0.133 e. The highest BCUT2D eigenvalue weighted by atomic mass is 16.5. The van der Waals surface area contributed by atoms with E-state index in [2.05, 4.69) is 10.3 Å². The Hall–Kier alpha value is -1.81. The van der Waals surface area contributed by atoms with E-state index in [1.807, 2.05) is 30.5 Å². The van der Waals surface area contributed by atoms with Crippen molar-refractivity contribution in [3.05, 3.63) is 30.5 Å². The Kier molecular flexibility index (Phi) is 3.25. The van der Waals surface area contributed by atoms with E-state index >= 15 is 0 Å². The zero-order valence-electron chi connectivity index (χ0n) is 11.1. The molecule has 0 radical (unpaired) electrons. The van der Waals surface area contributed by atoms with Crippen LogP contribution in [0.5, 0.6) is 5.75 Å². The number of aromatic nitrogens is 1. The van der Waals surface area contributed by atoms with Gasteiger partial charge in [0.2, 0.25) is 0 Å². The largest absolute Gasteiger partial charge is 0.497 e. The lowest BCUT2D eigenvalue weighted by molar-refractivity contribution is 0.415. The molecule has 0 aliphatic heterocycles. The quantitative estimate of drug-likeness (QED) is 0.863. The van der Waals surface area contributed by atoms with Crippen molar-refractivity contribution in [3.8, 4) is 5.75 Å². The van der Waals surface area contributed by atoms with Gasteiger partial charge in [0.15, 0.2) is 0 Å². The second kappa shape index (κ2) is 5.05. The van der Waals surface area contributed by atoms with Gasteiger partial charge >= 0.3 is 0 Å². The molecule has 3 N–H and O–H groups in total. The molecule has 1 aromatic heterocycles. The summed E-state index contributed by atoms with van der Waals surface area (Å²) in [4.78, 5) is 4.41. The van der Waals surface area contributed by atoms with Crippen molar-refractivity contribution in [1.82, 2.24) is 4.98 Å². The summed E-state index contributed by atoms with van der Waals surface area (Å²) in [5.41, 5.74) is 6.11. The molecule has 0 spiro atoms. The van der Waals surface area contributed by atoms with Crippen molar-refractivity contribution in [3.63, 3.8) is 0 Å². The minimum atomic E-state index is 0.232. The smallest absolute Gasteiger partial charge is 0.133 e. The fourth-order valence-corrected chi connectivity index (χ4v) is 2.33. The van der Waals surface area contributed by atoms with Gasteiger partial charge in [-0.15, -0.1) is 0 Å². The van der Waals surface area contributed by atoms with Gasteiger partial charge in [0.1, 0.15) is 11.6 Å². The number of anilines is 1. The second-order valence-electron chi connectivity index (χ2n) is 5.13. The number of pyridine rings is 1. The van der Waals surface area contributed by atoms with Crippen LogP contribution in [-0.2, 0) is 0 Å². The first-order valence-corrected chi connectivity index (χ1v) is 6.70. The summed E-state index contributed by atoms with van der Waals surface area (Å²) in [6, 6.07) is 8.23. The summed E-state index contributed by atoms with van der Waals surface area (Å²) in [5.74, 6) is 2.46. The van der Waals surface area contributed by atoms with E-state index in [0.29, 0.717) is 5.92 Å². The van der Waals surface area contributed by atoms with E-state index in [9.17, 15) is 0 Å². The molecule has 0 bridgehead atoms. The number of benzene rings is 1. The summed E-state index contributed by atoms with van der Waals surface area (Å²) in [6.45, 7) is 0.781. The number of hydrogen-bond donors (Lipinski definition) is 2. The molecular weight excluding hydrogens is 238 g/mol. The van der Waals surface area contributed by atoms with Crippen molar-refractivity contribution in [2.45, 2.75) is 18.9 Å². The Morgan fingerprint density at radius 3 is 3.00 bits per heavy atom.